The fourth-order valence-electron chi connectivity index (χ4n) is 4.55. The van der Waals surface area contributed by atoms with Crippen LogP contribution < -0.4 is 10.6 Å². The lowest BCUT2D eigenvalue weighted by atomic mass is 9.95. The second kappa shape index (κ2) is 12.1. The van der Waals surface area contributed by atoms with Gasteiger partial charge in [-0.05, 0) is 62.9 Å². The highest BCUT2D eigenvalue weighted by atomic mass is 32.2. The van der Waals surface area contributed by atoms with Crippen LogP contribution >= 0.6 is 11.3 Å². The number of aliphatic imine (C=N–C) groups is 1. The van der Waals surface area contributed by atoms with Crippen molar-refractivity contribution in [1.82, 2.24) is 15.5 Å². The standard InChI is InChI=1S/C22H38N4OS2/c1-3-23-22(25-19-9-5-11-21(14-19)29(27)4-2)24-15-18-8-6-12-26(16-18)17-20-10-7-13-28-20/h7,10,13,18-19,21H,3-6,8-9,11-12,14-17H2,1-2H3,(H2,23,24,25). The minimum Gasteiger partial charge on any atom is -0.357 e. The molecular weight excluding hydrogens is 400 g/mol. The Morgan fingerprint density at radius 1 is 1.31 bits per heavy atom. The van der Waals surface area contributed by atoms with Crippen LogP contribution in [0.25, 0.3) is 0 Å². The molecule has 2 fully saturated rings. The number of nitrogens with zero attached hydrogens (tertiary/aromatic N) is 2. The number of piperidine rings is 1. The largest absolute Gasteiger partial charge is 0.357 e. The average molecular weight is 439 g/mol. The van der Waals surface area contributed by atoms with E-state index >= 15 is 0 Å². The predicted molar refractivity (Wildman–Crippen MR) is 126 cm³/mol. The highest BCUT2D eigenvalue weighted by Gasteiger charge is 2.26. The number of thiophene rings is 1. The summed E-state index contributed by atoms with van der Waals surface area (Å²) in [6.07, 6.45) is 6.96. The summed E-state index contributed by atoms with van der Waals surface area (Å²) in [5.41, 5.74) is 0. The summed E-state index contributed by atoms with van der Waals surface area (Å²) in [5, 5.41) is 9.59. The van der Waals surface area contributed by atoms with E-state index in [1.165, 1.54) is 24.3 Å². The maximum atomic E-state index is 12.2. The van der Waals surface area contributed by atoms with E-state index in [1.54, 1.807) is 0 Å². The van der Waals surface area contributed by atoms with E-state index in [0.29, 0.717) is 17.2 Å². The molecule has 0 radical (unpaired) electrons. The second-order valence-corrected chi connectivity index (χ2v) is 11.4. The van der Waals surface area contributed by atoms with Gasteiger partial charge in [-0.1, -0.05) is 19.4 Å². The summed E-state index contributed by atoms with van der Waals surface area (Å²) in [4.78, 5) is 8.99. The lowest BCUT2D eigenvalue weighted by molar-refractivity contribution is 0.172. The summed E-state index contributed by atoms with van der Waals surface area (Å²) in [6, 6.07) is 4.78. The average Bonchev–Trinajstić information content (AvgIpc) is 3.25. The van der Waals surface area contributed by atoms with Crippen LogP contribution in [0.1, 0.15) is 57.2 Å². The zero-order valence-corrected chi connectivity index (χ0v) is 19.7. The van der Waals surface area contributed by atoms with Gasteiger partial charge in [0.15, 0.2) is 5.96 Å². The fourth-order valence-corrected chi connectivity index (χ4v) is 6.65. The van der Waals surface area contributed by atoms with Crippen molar-refractivity contribution in [3.05, 3.63) is 22.4 Å². The van der Waals surface area contributed by atoms with Crippen LogP contribution in [0.4, 0.5) is 0 Å². The highest BCUT2D eigenvalue weighted by Crippen LogP contribution is 2.23. The van der Waals surface area contributed by atoms with Crippen LogP contribution in [0, 0.1) is 5.92 Å². The Morgan fingerprint density at radius 2 is 2.21 bits per heavy atom. The Bertz CT molecular complexity index is 649. The first-order chi connectivity index (χ1) is 14.2. The van der Waals surface area contributed by atoms with Crippen molar-refractivity contribution in [3.63, 3.8) is 0 Å². The molecule has 1 saturated carbocycles. The van der Waals surface area contributed by atoms with Gasteiger partial charge in [0.2, 0.25) is 0 Å². The lowest BCUT2D eigenvalue weighted by Gasteiger charge is -2.32. The molecule has 0 spiro atoms. The fraction of sp³-hybridized carbons (Fsp3) is 0.773. The molecule has 1 aliphatic heterocycles. The maximum Gasteiger partial charge on any atom is 0.191 e. The van der Waals surface area contributed by atoms with Gasteiger partial charge in [-0.15, -0.1) is 11.3 Å². The number of nitrogens with one attached hydrogen (secondary N) is 2. The van der Waals surface area contributed by atoms with Gasteiger partial charge in [-0.2, -0.15) is 0 Å². The zero-order valence-electron chi connectivity index (χ0n) is 18.1. The molecule has 1 aromatic rings. The molecular formula is C22H38N4OS2. The van der Waals surface area contributed by atoms with Crippen molar-refractivity contribution in [3.8, 4) is 0 Å². The third-order valence-electron chi connectivity index (χ3n) is 6.04. The molecule has 1 aliphatic carbocycles. The third kappa shape index (κ3) is 7.37. The van der Waals surface area contributed by atoms with Gasteiger partial charge in [0.05, 0.1) is 0 Å². The number of likely N-dealkylation sites (tertiary alicyclic amines) is 1. The van der Waals surface area contributed by atoms with Gasteiger partial charge in [0.1, 0.15) is 0 Å². The molecule has 4 unspecified atom stereocenters. The smallest absolute Gasteiger partial charge is 0.191 e. The third-order valence-corrected chi connectivity index (χ3v) is 8.64. The van der Waals surface area contributed by atoms with Crippen LogP contribution in [0.15, 0.2) is 22.5 Å². The van der Waals surface area contributed by atoms with Crippen LogP contribution in [0.3, 0.4) is 0 Å². The van der Waals surface area contributed by atoms with E-state index in [-0.39, 0.29) is 0 Å². The van der Waals surface area contributed by atoms with Gasteiger partial charge in [-0.3, -0.25) is 14.1 Å². The first-order valence-electron chi connectivity index (χ1n) is 11.3. The zero-order chi connectivity index (χ0) is 20.5. The van der Waals surface area contributed by atoms with Gasteiger partial charge < -0.3 is 10.6 Å². The van der Waals surface area contributed by atoms with Crippen LogP contribution in [0.5, 0.6) is 0 Å². The molecule has 1 saturated heterocycles. The van der Waals surface area contributed by atoms with Crippen molar-refractivity contribution in [2.45, 2.75) is 70.2 Å². The maximum absolute atomic E-state index is 12.2. The van der Waals surface area contributed by atoms with Crippen molar-refractivity contribution < 1.29 is 4.21 Å². The molecule has 0 amide bonds. The number of hydrogen-bond donors (Lipinski definition) is 2. The van der Waals surface area contributed by atoms with Crippen LogP contribution in [-0.4, -0.2) is 58.3 Å². The molecule has 2 heterocycles. The monoisotopic (exact) mass is 438 g/mol. The van der Waals surface area contributed by atoms with E-state index in [2.05, 4.69) is 40.0 Å². The quantitative estimate of drug-likeness (QED) is 0.481. The molecule has 5 nitrogen and oxygen atoms in total. The van der Waals surface area contributed by atoms with Crippen molar-refractivity contribution >= 4 is 28.1 Å². The van der Waals surface area contributed by atoms with E-state index in [4.69, 9.17) is 4.99 Å². The molecule has 3 rings (SSSR count). The summed E-state index contributed by atoms with van der Waals surface area (Å²) < 4.78 is 12.2. The van der Waals surface area contributed by atoms with E-state index < -0.39 is 10.8 Å². The Kier molecular flexibility index (Phi) is 9.46. The molecule has 1 aromatic heterocycles. The second-order valence-electron chi connectivity index (χ2n) is 8.34. The van der Waals surface area contributed by atoms with Gasteiger partial charge in [-0.25, -0.2) is 0 Å². The minimum absolute atomic E-state index is 0.346. The lowest BCUT2D eigenvalue weighted by Crippen LogP contribution is -2.47. The van der Waals surface area contributed by atoms with E-state index in [1.807, 2.05) is 18.3 Å². The summed E-state index contributed by atoms with van der Waals surface area (Å²) in [7, 11) is -0.683. The molecule has 0 bridgehead atoms. The SMILES string of the molecule is CCNC(=NCC1CCCN(Cc2cccs2)C1)NC1CCCC(S(=O)CC)C1. The van der Waals surface area contributed by atoms with Crippen molar-refractivity contribution in [1.29, 1.82) is 0 Å². The van der Waals surface area contributed by atoms with E-state index in [9.17, 15) is 4.21 Å². The molecule has 164 valence electrons. The Balaban J connectivity index is 1.51. The predicted octanol–water partition coefficient (Wildman–Crippen LogP) is 3.60. The molecule has 0 aromatic carbocycles. The molecule has 2 aliphatic rings. The number of rotatable bonds is 8. The molecule has 2 N–H and O–H groups in total. The first-order valence-corrected chi connectivity index (χ1v) is 13.6. The molecule has 29 heavy (non-hydrogen) atoms. The first kappa shape index (κ1) is 22.8. The Labute approximate surface area is 183 Å². The summed E-state index contributed by atoms with van der Waals surface area (Å²) in [6.45, 7) is 9.33. The topological polar surface area (TPSA) is 56.7 Å². The molecule has 7 heteroatoms. The van der Waals surface area contributed by atoms with Crippen LogP contribution in [0.2, 0.25) is 0 Å². The Hall–Kier alpha value is -0.920. The summed E-state index contributed by atoms with van der Waals surface area (Å²) in [5.74, 6) is 2.34. The Morgan fingerprint density at radius 3 is 2.97 bits per heavy atom. The minimum atomic E-state index is -0.683. The van der Waals surface area contributed by atoms with Gasteiger partial charge in [0, 0.05) is 58.9 Å². The molecule has 4 atom stereocenters. The van der Waals surface area contributed by atoms with Crippen molar-refractivity contribution in [2.75, 3.05) is 31.9 Å². The van der Waals surface area contributed by atoms with Crippen molar-refractivity contribution in [2.24, 2.45) is 10.9 Å². The summed E-state index contributed by atoms with van der Waals surface area (Å²) >= 11 is 1.85. The van der Waals surface area contributed by atoms with Gasteiger partial charge in [0.25, 0.3) is 0 Å². The number of hydrogen-bond acceptors (Lipinski definition) is 4. The van der Waals surface area contributed by atoms with Gasteiger partial charge >= 0.3 is 0 Å². The highest BCUT2D eigenvalue weighted by molar-refractivity contribution is 7.85. The van der Waals surface area contributed by atoms with E-state index in [0.717, 1.165) is 63.6 Å². The normalized spacial score (nSPS) is 27.5. The number of guanidine groups is 1. The van der Waals surface area contributed by atoms with Crippen LogP contribution in [-0.2, 0) is 17.3 Å².